The first-order chi connectivity index (χ1) is 9.08. The van der Waals surface area contributed by atoms with E-state index in [1.165, 1.54) is 23.9 Å². The molecule has 1 aromatic heterocycles. The molecule has 1 N–H and O–H groups in total. The highest BCUT2D eigenvalue weighted by atomic mass is 79.9. The Hall–Kier alpha value is -0.880. The molecular formula is C13H21BrN4O. The van der Waals surface area contributed by atoms with Gasteiger partial charge in [0.15, 0.2) is 0 Å². The lowest BCUT2D eigenvalue weighted by Crippen LogP contribution is -2.29. The second kappa shape index (κ2) is 6.52. The van der Waals surface area contributed by atoms with Crippen LogP contribution >= 0.6 is 15.9 Å². The van der Waals surface area contributed by atoms with E-state index in [-0.39, 0.29) is 5.56 Å². The van der Waals surface area contributed by atoms with Gasteiger partial charge in [-0.1, -0.05) is 12.8 Å². The first-order valence-electron chi connectivity index (χ1n) is 6.72. The summed E-state index contributed by atoms with van der Waals surface area (Å²) in [6, 6.07) is 0. The van der Waals surface area contributed by atoms with E-state index >= 15 is 0 Å². The highest BCUT2D eigenvalue weighted by molar-refractivity contribution is 9.10. The van der Waals surface area contributed by atoms with Crippen molar-refractivity contribution in [3.63, 3.8) is 0 Å². The van der Waals surface area contributed by atoms with Gasteiger partial charge in [0, 0.05) is 13.1 Å². The third-order valence-electron chi connectivity index (χ3n) is 3.31. The molecule has 1 aliphatic rings. The van der Waals surface area contributed by atoms with Crippen LogP contribution in [-0.2, 0) is 6.54 Å². The minimum Gasteiger partial charge on any atom is -0.383 e. The van der Waals surface area contributed by atoms with Crippen LogP contribution in [0.5, 0.6) is 0 Å². The number of anilines is 1. The monoisotopic (exact) mass is 328 g/mol. The molecule has 1 aliphatic carbocycles. The van der Waals surface area contributed by atoms with Gasteiger partial charge >= 0.3 is 0 Å². The number of halogens is 1. The summed E-state index contributed by atoms with van der Waals surface area (Å²) in [6.07, 6.45) is 5.62. The van der Waals surface area contributed by atoms with Crippen molar-refractivity contribution in [1.29, 1.82) is 0 Å². The SMILES string of the molecule is CN(C)CCn1ncc(NCCC2CC2)c(Br)c1=O. The van der Waals surface area contributed by atoms with Crippen molar-refractivity contribution >= 4 is 21.6 Å². The predicted octanol–water partition coefficient (Wildman–Crippen LogP) is 1.78. The number of nitrogens with zero attached hydrogens (tertiary/aromatic N) is 3. The van der Waals surface area contributed by atoms with E-state index in [0.717, 1.165) is 24.7 Å². The highest BCUT2D eigenvalue weighted by Crippen LogP contribution is 2.32. The Bertz CT molecular complexity index is 482. The Kier molecular flexibility index (Phi) is 4.99. The van der Waals surface area contributed by atoms with Crippen molar-refractivity contribution in [3.05, 3.63) is 21.0 Å². The molecule has 0 aliphatic heterocycles. The standard InChI is InChI=1S/C13H21BrN4O/c1-17(2)7-8-18-13(19)12(14)11(9-16-18)15-6-5-10-3-4-10/h9-10,15H,3-8H2,1-2H3. The minimum atomic E-state index is -0.0710. The van der Waals surface area contributed by atoms with Crippen LogP contribution < -0.4 is 10.9 Å². The summed E-state index contributed by atoms with van der Waals surface area (Å²) in [7, 11) is 3.96. The molecule has 0 bridgehead atoms. The van der Waals surface area contributed by atoms with Gasteiger partial charge in [-0.2, -0.15) is 5.10 Å². The van der Waals surface area contributed by atoms with Crippen molar-refractivity contribution in [3.8, 4) is 0 Å². The topological polar surface area (TPSA) is 50.2 Å². The fourth-order valence-corrected chi connectivity index (χ4v) is 2.31. The Morgan fingerprint density at radius 1 is 1.53 bits per heavy atom. The maximum atomic E-state index is 12.1. The van der Waals surface area contributed by atoms with Crippen molar-refractivity contribution in [2.75, 3.05) is 32.5 Å². The molecule has 0 amide bonds. The second-order valence-electron chi connectivity index (χ2n) is 5.36. The number of hydrogen-bond donors (Lipinski definition) is 1. The average Bonchev–Trinajstić information content (AvgIpc) is 3.17. The van der Waals surface area contributed by atoms with Gasteiger partial charge in [0.25, 0.3) is 5.56 Å². The molecule has 0 aromatic carbocycles. The molecule has 106 valence electrons. The third-order valence-corrected chi connectivity index (χ3v) is 4.08. The number of nitrogens with one attached hydrogen (secondary N) is 1. The van der Waals surface area contributed by atoms with Crippen LogP contribution in [0.3, 0.4) is 0 Å². The number of aromatic nitrogens is 2. The summed E-state index contributed by atoms with van der Waals surface area (Å²) in [5, 5.41) is 7.49. The molecule has 5 nitrogen and oxygen atoms in total. The van der Waals surface area contributed by atoms with Crippen LogP contribution in [0, 0.1) is 5.92 Å². The molecule has 0 radical (unpaired) electrons. The quantitative estimate of drug-likeness (QED) is 0.828. The number of likely N-dealkylation sites (N-methyl/N-ethyl adjacent to an activating group) is 1. The Labute approximate surface area is 122 Å². The van der Waals surface area contributed by atoms with Crippen molar-refractivity contribution in [2.45, 2.75) is 25.8 Å². The van der Waals surface area contributed by atoms with Crippen LogP contribution in [-0.4, -0.2) is 41.9 Å². The molecule has 0 atom stereocenters. The maximum absolute atomic E-state index is 12.1. The van der Waals surface area contributed by atoms with Gasteiger partial charge in [-0.05, 0) is 42.4 Å². The highest BCUT2D eigenvalue weighted by Gasteiger charge is 2.20. The fraction of sp³-hybridized carbons (Fsp3) is 0.692. The van der Waals surface area contributed by atoms with E-state index in [0.29, 0.717) is 11.0 Å². The van der Waals surface area contributed by atoms with E-state index in [4.69, 9.17) is 0 Å². The largest absolute Gasteiger partial charge is 0.383 e. The van der Waals surface area contributed by atoms with E-state index in [2.05, 4.69) is 26.3 Å². The number of rotatable bonds is 7. The summed E-state index contributed by atoms with van der Waals surface area (Å²) in [5.74, 6) is 0.889. The van der Waals surface area contributed by atoms with E-state index in [9.17, 15) is 4.79 Å². The molecule has 0 spiro atoms. The molecule has 1 saturated carbocycles. The van der Waals surface area contributed by atoms with Crippen LogP contribution in [0.1, 0.15) is 19.3 Å². The van der Waals surface area contributed by atoms with Gasteiger partial charge in [-0.25, -0.2) is 4.68 Å². The van der Waals surface area contributed by atoms with Crippen molar-refractivity contribution in [2.24, 2.45) is 5.92 Å². The van der Waals surface area contributed by atoms with Crippen molar-refractivity contribution < 1.29 is 0 Å². The van der Waals surface area contributed by atoms with E-state index in [1.54, 1.807) is 6.20 Å². The predicted molar refractivity (Wildman–Crippen MR) is 80.6 cm³/mol. The Morgan fingerprint density at radius 3 is 2.89 bits per heavy atom. The summed E-state index contributed by atoms with van der Waals surface area (Å²) in [4.78, 5) is 14.1. The van der Waals surface area contributed by atoms with Crippen LogP contribution in [0.4, 0.5) is 5.69 Å². The van der Waals surface area contributed by atoms with Gasteiger partial charge in [-0.15, -0.1) is 0 Å². The molecule has 6 heteroatoms. The summed E-state index contributed by atoms with van der Waals surface area (Å²) >= 11 is 3.37. The Morgan fingerprint density at radius 2 is 2.26 bits per heavy atom. The molecule has 0 saturated heterocycles. The fourth-order valence-electron chi connectivity index (χ4n) is 1.86. The second-order valence-corrected chi connectivity index (χ2v) is 6.16. The van der Waals surface area contributed by atoms with Gasteiger partial charge in [0.2, 0.25) is 0 Å². The molecule has 0 unspecified atom stereocenters. The molecule has 19 heavy (non-hydrogen) atoms. The molecule has 1 fully saturated rings. The van der Waals surface area contributed by atoms with Gasteiger partial charge < -0.3 is 10.2 Å². The van der Waals surface area contributed by atoms with E-state index < -0.39 is 0 Å². The van der Waals surface area contributed by atoms with Gasteiger partial charge in [0.05, 0.1) is 18.4 Å². The normalized spacial score (nSPS) is 14.9. The third kappa shape index (κ3) is 4.31. The first kappa shape index (κ1) is 14.5. The summed E-state index contributed by atoms with van der Waals surface area (Å²) in [6.45, 7) is 2.31. The lowest BCUT2D eigenvalue weighted by atomic mass is 10.3. The van der Waals surface area contributed by atoms with Gasteiger partial charge in [-0.3, -0.25) is 4.79 Å². The van der Waals surface area contributed by atoms with Crippen molar-refractivity contribution in [1.82, 2.24) is 14.7 Å². The van der Waals surface area contributed by atoms with E-state index in [1.807, 2.05) is 19.0 Å². The molecule has 1 heterocycles. The maximum Gasteiger partial charge on any atom is 0.283 e. The summed E-state index contributed by atoms with van der Waals surface area (Å²) < 4.78 is 2.08. The smallest absolute Gasteiger partial charge is 0.283 e. The van der Waals surface area contributed by atoms with Crippen LogP contribution in [0.15, 0.2) is 15.5 Å². The van der Waals surface area contributed by atoms with Gasteiger partial charge in [0.1, 0.15) is 4.47 Å². The first-order valence-corrected chi connectivity index (χ1v) is 7.51. The lowest BCUT2D eigenvalue weighted by Gasteiger charge is -2.12. The zero-order valence-electron chi connectivity index (χ0n) is 11.5. The minimum absolute atomic E-state index is 0.0710. The Balaban J connectivity index is 1.96. The summed E-state index contributed by atoms with van der Waals surface area (Å²) in [5.41, 5.74) is 0.727. The molecule has 1 aromatic rings. The molecule has 2 rings (SSSR count). The number of hydrogen-bond acceptors (Lipinski definition) is 4. The van der Waals surface area contributed by atoms with Crippen LogP contribution in [0.2, 0.25) is 0 Å². The average molecular weight is 329 g/mol. The molecular weight excluding hydrogens is 308 g/mol. The lowest BCUT2D eigenvalue weighted by molar-refractivity contribution is 0.367. The zero-order valence-corrected chi connectivity index (χ0v) is 13.1. The zero-order chi connectivity index (χ0) is 13.8. The van der Waals surface area contributed by atoms with Crippen LogP contribution in [0.25, 0.3) is 0 Å².